The van der Waals surface area contributed by atoms with Crippen LogP contribution in [0.1, 0.15) is 49.2 Å². The minimum atomic E-state index is -3.23. The van der Waals surface area contributed by atoms with Gasteiger partial charge in [0.05, 0.1) is 17.0 Å². The van der Waals surface area contributed by atoms with Gasteiger partial charge in [0.1, 0.15) is 5.75 Å². The van der Waals surface area contributed by atoms with Crippen molar-refractivity contribution in [3.8, 4) is 5.75 Å². The molecule has 6 heteroatoms. The van der Waals surface area contributed by atoms with Crippen molar-refractivity contribution in [2.24, 2.45) is 0 Å². The van der Waals surface area contributed by atoms with Gasteiger partial charge < -0.3 is 10.1 Å². The van der Waals surface area contributed by atoms with E-state index in [0.29, 0.717) is 12.0 Å². The van der Waals surface area contributed by atoms with Crippen LogP contribution in [0.5, 0.6) is 5.75 Å². The highest BCUT2D eigenvalue weighted by molar-refractivity contribution is 7.90. The van der Waals surface area contributed by atoms with E-state index in [-0.39, 0.29) is 22.9 Å². The van der Waals surface area contributed by atoms with Crippen LogP contribution >= 0.6 is 0 Å². The molecule has 5 nitrogen and oxygen atoms in total. The van der Waals surface area contributed by atoms with Crippen LogP contribution in [0.4, 0.5) is 0 Å². The van der Waals surface area contributed by atoms with E-state index in [4.69, 9.17) is 4.74 Å². The zero-order chi connectivity index (χ0) is 19.3. The Labute approximate surface area is 155 Å². The number of hydrogen-bond acceptors (Lipinski definition) is 4. The largest absolute Gasteiger partial charge is 0.491 e. The molecule has 1 N–H and O–H groups in total. The molecule has 0 aliphatic carbocycles. The zero-order valence-electron chi connectivity index (χ0n) is 15.5. The van der Waals surface area contributed by atoms with Crippen LogP contribution in [0.2, 0.25) is 0 Å². The third-order valence-corrected chi connectivity index (χ3v) is 5.04. The molecule has 140 valence electrons. The van der Waals surface area contributed by atoms with Crippen molar-refractivity contribution in [2.45, 2.75) is 44.2 Å². The van der Waals surface area contributed by atoms with Gasteiger partial charge in [0.2, 0.25) is 0 Å². The van der Waals surface area contributed by atoms with E-state index >= 15 is 0 Å². The van der Waals surface area contributed by atoms with Gasteiger partial charge in [-0.1, -0.05) is 19.1 Å². The molecule has 0 spiro atoms. The highest BCUT2D eigenvalue weighted by Crippen LogP contribution is 2.20. The number of ether oxygens (including phenoxy) is 1. The Kier molecular flexibility index (Phi) is 6.42. The van der Waals surface area contributed by atoms with Crippen LogP contribution in [0.25, 0.3) is 0 Å². The van der Waals surface area contributed by atoms with Gasteiger partial charge in [-0.25, -0.2) is 8.42 Å². The average Bonchev–Trinajstić information content (AvgIpc) is 2.59. The summed E-state index contributed by atoms with van der Waals surface area (Å²) in [6, 6.07) is 13.4. The minimum Gasteiger partial charge on any atom is -0.491 e. The van der Waals surface area contributed by atoms with Gasteiger partial charge in [0.15, 0.2) is 9.84 Å². The fourth-order valence-corrected chi connectivity index (χ4v) is 3.20. The van der Waals surface area contributed by atoms with Crippen molar-refractivity contribution >= 4 is 15.7 Å². The first-order chi connectivity index (χ1) is 12.2. The van der Waals surface area contributed by atoms with Crippen molar-refractivity contribution in [2.75, 3.05) is 6.26 Å². The van der Waals surface area contributed by atoms with Crippen molar-refractivity contribution in [1.29, 1.82) is 0 Å². The van der Waals surface area contributed by atoms with E-state index in [1.807, 2.05) is 20.8 Å². The van der Waals surface area contributed by atoms with E-state index in [9.17, 15) is 13.2 Å². The summed E-state index contributed by atoms with van der Waals surface area (Å²) in [7, 11) is -3.23. The molecule has 2 aromatic carbocycles. The van der Waals surface area contributed by atoms with Crippen molar-refractivity contribution < 1.29 is 17.9 Å². The van der Waals surface area contributed by atoms with E-state index in [0.717, 1.165) is 11.3 Å². The average molecular weight is 375 g/mol. The van der Waals surface area contributed by atoms with Crippen LogP contribution in [0, 0.1) is 0 Å². The van der Waals surface area contributed by atoms with E-state index in [2.05, 4.69) is 5.32 Å². The summed E-state index contributed by atoms with van der Waals surface area (Å²) in [4.78, 5) is 12.8. The number of amides is 1. The molecule has 0 saturated carbocycles. The van der Waals surface area contributed by atoms with Crippen LogP contribution in [0.15, 0.2) is 53.4 Å². The molecule has 1 amide bonds. The Morgan fingerprint density at radius 1 is 1.04 bits per heavy atom. The number of rotatable bonds is 7. The highest BCUT2D eigenvalue weighted by atomic mass is 32.2. The first-order valence-electron chi connectivity index (χ1n) is 8.58. The monoisotopic (exact) mass is 375 g/mol. The molecule has 0 bridgehead atoms. The fourth-order valence-electron chi connectivity index (χ4n) is 2.57. The molecule has 0 heterocycles. The van der Waals surface area contributed by atoms with E-state index in [1.54, 1.807) is 48.5 Å². The molecule has 2 aromatic rings. The fraction of sp³-hybridized carbons (Fsp3) is 0.350. The Bertz CT molecular complexity index is 840. The number of carbonyl (C=O) groups is 1. The molecule has 0 fully saturated rings. The van der Waals surface area contributed by atoms with Crippen LogP contribution in [-0.2, 0) is 9.84 Å². The second kappa shape index (κ2) is 8.36. The Balaban J connectivity index is 2.10. The molecule has 0 aliphatic heterocycles. The predicted molar refractivity (Wildman–Crippen MR) is 102 cm³/mol. The van der Waals surface area contributed by atoms with Crippen LogP contribution in [-0.4, -0.2) is 26.7 Å². The number of carbonyl (C=O) groups excluding carboxylic acids is 1. The summed E-state index contributed by atoms with van der Waals surface area (Å²) >= 11 is 0. The number of benzene rings is 2. The first kappa shape index (κ1) is 20.0. The van der Waals surface area contributed by atoms with Crippen molar-refractivity contribution in [3.63, 3.8) is 0 Å². The second-order valence-corrected chi connectivity index (χ2v) is 8.48. The molecular formula is C20H25NO4S. The lowest BCUT2D eigenvalue weighted by Crippen LogP contribution is -2.28. The van der Waals surface area contributed by atoms with E-state index < -0.39 is 9.84 Å². The summed E-state index contributed by atoms with van der Waals surface area (Å²) in [5, 5.41) is 2.99. The smallest absolute Gasteiger partial charge is 0.251 e. The molecule has 0 aliphatic rings. The lowest BCUT2D eigenvalue weighted by atomic mass is 10.0. The summed E-state index contributed by atoms with van der Waals surface area (Å²) in [6.45, 7) is 5.86. The Hall–Kier alpha value is -2.34. The van der Waals surface area contributed by atoms with Gasteiger partial charge in [0.25, 0.3) is 5.91 Å². The van der Waals surface area contributed by atoms with Gasteiger partial charge >= 0.3 is 0 Å². The lowest BCUT2D eigenvalue weighted by Gasteiger charge is -2.18. The zero-order valence-corrected chi connectivity index (χ0v) is 16.3. The van der Waals surface area contributed by atoms with Gasteiger partial charge in [-0.3, -0.25) is 4.79 Å². The second-order valence-electron chi connectivity index (χ2n) is 6.47. The third kappa shape index (κ3) is 5.33. The lowest BCUT2D eigenvalue weighted by molar-refractivity contribution is 0.0935. The summed E-state index contributed by atoms with van der Waals surface area (Å²) in [6.07, 6.45) is 1.95. The normalized spacial score (nSPS) is 12.7. The molecule has 0 aromatic heterocycles. The SMILES string of the molecule is CC[C@@H](NC(=O)c1ccc(OC(C)C)cc1)c1ccc(S(C)(=O)=O)cc1. The topological polar surface area (TPSA) is 72.5 Å². The maximum absolute atomic E-state index is 12.5. The molecule has 1 atom stereocenters. The quantitative estimate of drug-likeness (QED) is 0.800. The molecule has 0 saturated heterocycles. The Morgan fingerprint density at radius 3 is 2.08 bits per heavy atom. The van der Waals surface area contributed by atoms with Gasteiger partial charge in [-0.2, -0.15) is 0 Å². The molecule has 0 unspecified atom stereocenters. The number of sulfone groups is 1. The number of nitrogens with one attached hydrogen (secondary N) is 1. The molecule has 0 radical (unpaired) electrons. The standard InChI is InChI=1S/C20H25NO4S/c1-5-19(15-8-12-18(13-9-15)26(4,23)24)21-20(22)16-6-10-17(11-7-16)25-14(2)3/h6-14,19H,5H2,1-4H3,(H,21,22)/t19-/m1/s1. The highest BCUT2D eigenvalue weighted by Gasteiger charge is 2.15. The first-order valence-corrected chi connectivity index (χ1v) is 10.5. The predicted octanol–water partition coefficient (Wildman–Crippen LogP) is 3.76. The van der Waals surface area contributed by atoms with Gasteiger partial charge in [0, 0.05) is 11.8 Å². The summed E-state index contributed by atoms with van der Waals surface area (Å²) < 4.78 is 28.7. The minimum absolute atomic E-state index is 0.0778. The van der Waals surface area contributed by atoms with E-state index in [1.165, 1.54) is 6.26 Å². The maximum atomic E-state index is 12.5. The Morgan fingerprint density at radius 2 is 1.62 bits per heavy atom. The molecule has 26 heavy (non-hydrogen) atoms. The van der Waals surface area contributed by atoms with Gasteiger partial charge in [-0.05, 0) is 62.2 Å². The van der Waals surface area contributed by atoms with Crippen molar-refractivity contribution in [3.05, 3.63) is 59.7 Å². The van der Waals surface area contributed by atoms with Crippen LogP contribution in [0.3, 0.4) is 0 Å². The maximum Gasteiger partial charge on any atom is 0.251 e. The van der Waals surface area contributed by atoms with Gasteiger partial charge in [-0.15, -0.1) is 0 Å². The third-order valence-electron chi connectivity index (χ3n) is 3.91. The molecular weight excluding hydrogens is 350 g/mol. The summed E-state index contributed by atoms with van der Waals surface area (Å²) in [5.41, 5.74) is 1.42. The molecule has 2 rings (SSSR count). The number of hydrogen-bond donors (Lipinski definition) is 1. The van der Waals surface area contributed by atoms with Crippen molar-refractivity contribution in [1.82, 2.24) is 5.32 Å². The summed E-state index contributed by atoms with van der Waals surface area (Å²) in [5.74, 6) is 0.542. The van der Waals surface area contributed by atoms with Crippen LogP contribution < -0.4 is 10.1 Å².